The monoisotopic (exact) mass is 190 g/mol. The first-order chi connectivity index (χ1) is 6.20. The van der Waals surface area contributed by atoms with Gasteiger partial charge in [0.1, 0.15) is 0 Å². The maximum atomic E-state index is 2.27. The average molecular weight is 190 g/mol. The predicted octanol–water partition coefficient (Wildman–Crippen LogP) is 4.33. The Balaban J connectivity index is 2.80. The van der Waals surface area contributed by atoms with Crippen molar-refractivity contribution in [2.24, 2.45) is 0 Å². The molecule has 0 fully saturated rings. The van der Waals surface area contributed by atoms with Crippen LogP contribution in [-0.2, 0) is 0 Å². The molecule has 0 spiro atoms. The fourth-order valence-electron chi connectivity index (χ4n) is 1.87. The molecule has 68 valence electrons. The second-order valence-corrected chi connectivity index (χ2v) is 4.71. The van der Waals surface area contributed by atoms with Gasteiger partial charge < -0.3 is 0 Å². The lowest BCUT2D eigenvalue weighted by Gasteiger charge is -2.10. The number of hydrogen-bond acceptors (Lipinski definition) is 1. The van der Waals surface area contributed by atoms with Crippen molar-refractivity contribution in [3.63, 3.8) is 0 Å². The average Bonchev–Trinajstić information content (AvgIpc) is 2.50. The summed E-state index contributed by atoms with van der Waals surface area (Å²) < 4.78 is 1.47. The highest BCUT2D eigenvalue weighted by Crippen LogP contribution is 2.32. The first-order valence-corrected chi connectivity index (χ1v) is 5.55. The van der Waals surface area contributed by atoms with Crippen molar-refractivity contribution in [3.05, 3.63) is 34.7 Å². The molecule has 0 amide bonds. The van der Waals surface area contributed by atoms with Crippen molar-refractivity contribution in [2.75, 3.05) is 0 Å². The van der Waals surface area contributed by atoms with Gasteiger partial charge in [0.2, 0.25) is 0 Å². The van der Waals surface area contributed by atoms with Crippen LogP contribution in [0.5, 0.6) is 0 Å². The van der Waals surface area contributed by atoms with Crippen LogP contribution in [0.15, 0.2) is 23.6 Å². The fraction of sp³-hybridized carbons (Fsp3) is 0.333. The van der Waals surface area contributed by atoms with Crippen LogP contribution in [0.2, 0.25) is 0 Å². The summed E-state index contributed by atoms with van der Waals surface area (Å²) in [5.41, 5.74) is 2.94. The minimum atomic E-state index is 0.627. The van der Waals surface area contributed by atoms with E-state index in [2.05, 4.69) is 44.4 Å². The summed E-state index contributed by atoms with van der Waals surface area (Å²) in [6.07, 6.45) is 0. The van der Waals surface area contributed by atoms with E-state index in [0.717, 1.165) is 0 Å². The van der Waals surface area contributed by atoms with Crippen molar-refractivity contribution < 1.29 is 0 Å². The Morgan fingerprint density at radius 2 is 1.92 bits per heavy atom. The Morgan fingerprint density at radius 1 is 1.15 bits per heavy atom. The minimum Gasteiger partial charge on any atom is -0.144 e. The Bertz CT molecular complexity index is 424. The van der Waals surface area contributed by atoms with Gasteiger partial charge in [0, 0.05) is 4.70 Å². The third-order valence-corrected chi connectivity index (χ3v) is 3.42. The van der Waals surface area contributed by atoms with E-state index in [0.29, 0.717) is 5.92 Å². The van der Waals surface area contributed by atoms with E-state index in [1.807, 2.05) is 11.3 Å². The van der Waals surface area contributed by atoms with Gasteiger partial charge in [0.05, 0.1) is 0 Å². The van der Waals surface area contributed by atoms with Crippen LogP contribution in [0.3, 0.4) is 0 Å². The summed E-state index contributed by atoms with van der Waals surface area (Å²) in [6.45, 7) is 6.73. The molecule has 0 unspecified atom stereocenters. The topological polar surface area (TPSA) is 0 Å². The van der Waals surface area contributed by atoms with Gasteiger partial charge in [0.25, 0.3) is 0 Å². The predicted molar refractivity (Wildman–Crippen MR) is 60.7 cm³/mol. The van der Waals surface area contributed by atoms with Crippen molar-refractivity contribution in [1.29, 1.82) is 0 Å². The lowest BCUT2D eigenvalue weighted by molar-refractivity contribution is 0.868. The highest BCUT2D eigenvalue weighted by molar-refractivity contribution is 7.17. The zero-order valence-electron chi connectivity index (χ0n) is 8.29. The van der Waals surface area contributed by atoms with Gasteiger partial charge in [-0.2, -0.15) is 0 Å². The van der Waals surface area contributed by atoms with Crippen LogP contribution in [0.1, 0.15) is 30.9 Å². The van der Waals surface area contributed by atoms with E-state index in [1.54, 1.807) is 0 Å². The molecule has 1 heteroatoms. The first-order valence-electron chi connectivity index (χ1n) is 4.67. The van der Waals surface area contributed by atoms with Crippen LogP contribution in [0, 0.1) is 6.92 Å². The highest BCUT2D eigenvalue weighted by Gasteiger charge is 2.08. The second-order valence-electron chi connectivity index (χ2n) is 3.79. The standard InChI is InChI=1S/C12H14S/c1-8(2)11-9(3)4-5-10-6-7-13-12(10)11/h4-8H,1-3H3. The quantitative estimate of drug-likeness (QED) is 0.627. The Hall–Kier alpha value is -0.820. The Morgan fingerprint density at radius 3 is 2.62 bits per heavy atom. The van der Waals surface area contributed by atoms with E-state index in [9.17, 15) is 0 Å². The molecule has 0 saturated heterocycles. The number of aryl methyl sites for hydroxylation is 1. The van der Waals surface area contributed by atoms with Crippen molar-refractivity contribution >= 4 is 21.4 Å². The van der Waals surface area contributed by atoms with Crippen molar-refractivity contribution in [2.45, 2.75) is 26.7 Å². The molecule has 0 atom stereocenters. The van der Waals surface area contributed by atoms with Crippen LogP contribution >= 0.6 is 11.3 Å². The molecule has 13 heavy (non-hydrogen) atoms. The molecule has 0 N–H and O–H groups in total. The van der Waals surface area contributed by atoms with E-state index in [1.165, 1.54) is 21.2 Å². The first kappa shape index (κ1) is 8.76. The molecule has 2 rings (SSSR count). The molecule has 0 aliphatic rings. The van der Waals surface area contributed by atoms with Gasteiger partial charge >= 0.3 is 0 Å². The van der Waals surface area contributed by atoms with Crippen LogP contribution in [-0.4, -0.2) is 0 Å². The van der Waals surface area contributed by atoms with Crippen LogP contribution in [0.25, 0.3) is 10.1 Å². The number of benzene rings is 1. The molecule has 0 radical (unpaired) electrons. The van der Waals surface area contributed by atoms with Gasteiger partial charge in [-0.05, 0) is 40.8 Å². The van der Waals surface area contributed by atoms with E-state index in [4.69, 9.17) is 0 Å². The second kappa shape index (κ2) is 3.15. The van der Waals surface area contributed by atoms with Gasteiger partial charge in [-0.1, -0.05) is 26.0 Å². The molecule has 0 saturated carbocycles. The number of fused-ring (bicyclic) bond motifs is 1. The summed E-state index contributed by atoms with van der Waals surface area (Å²) in [5.74, 6) is 0.627. The largest absolute Gasteiger partial charge is 0.144 e. The van der Waals surface area contributed by atoms with Gasteiger partial charge in [-0.3, -0.25) is 0 Å². The lowest BCUT2D eigenvalue weighted by atomic mass is 9.97. The molecule has 0 nitrogen and oxygen atoms in total. The third kappa shape index (κ3) is 1.37. The molecule has 0 bridgehead atoms. The van der Waals surface area contributed by atoms with Gasteiger partial charge in [-0.25, -0.2) is 0 Å². The fourth-order valence-corrected chi connectivity index (χ4v) is 3.02. The molecular weight excluding hydrogens is 176 g/mol. The van der Waals surface area contributed by atoms with Crippen LogP contribution in [0.4, 0.5) is 0 Å². The third-order valence-electron chi connectivity index (χ3n) is 2.46. The highest BCUT2D eigenvalue weighted by atomic mass is 32.1. The minimum absolute atomic E-state index is 0.627. The zero-order chi connectivity index (χ0) is 9.42. The molecule has 1 aromatic carbocycles. The zero-order valence-corrected chi connectivity index (χ0v) is 9.11. The van der Waals surface area contributed by atoms with Crippen molar-refractivity contribution in [3.8, 4) is 0 Å². The summed E-state index contributed by atoms with van der Waals surface area (Å²) in [7, 11) is 0. The summed E-state index contributed by atoms with van der Waals surface area (Å²) in [6, 6.07) is 6.64. The molecule has 0 aliphatic carbocycles. The normalized spacial score (nSPS) is 11.4. The van der Waals surface area contributed by atoms with Gasteiger partial charge in [-0.15, -0.1) is 11.3 Å². The van der Waals surface area contributed by atoms with E-state index >= 15 is 0 Å². The Labute approximate surface area is 83.2 Å². The Kier molecular flexibility index (Phi) is 2.12. The number of thiophene rings is 1. The van der Waals surface area contributed by atoms with E-state index in [-0.39, 0.29) is 0 Å². The summed E-state index contributed by atoms with van der Waals surface area (Å²) in [4.78, 5) is 0. The van der Waals surface area contributed by atoms with Crippen LogP contribution < -0.4 is 0 Å². The molecule has 2 aromatic rings. The SMILES string of the molecule is Cc1ccc2ccsc2c1C(C)C. The molecule has 0 aliphatic heterocycles. The lowest BCUT2D eigenvalue weighted by Crippen LogP contribution is -1.91. The number of rotatable bonds is 1. The summed E-state index contributed by atoms with van der Waals surface area (Å²) >= 11 is 1.86. The number of hydrogen-bond donors (Lipinski definition) is 0. The molecule has 1 heterocycles. The van der Waals surface area contributed by atoms with Gasteiger partial charge in [0.15, 0.2) is 0 Å². The maximum absolute atomic E-state index is 2.27. The maximum Gasteiger partial charge on any atom is 0.0379 e. The smallest absolute Gasteiger partial charge is 0.0379 e. The summed E-state index contributed by atoms with van der Waals surface area (Å²) in [5, 5.41) is 3.56. The molecule has 1 aromatic heterocycles. The van der Waals surface area contributed by atoms with Crippen molar-refractivity contribution in [1.82, 2.24) is 0 Å². The van der Waals surface area contributed by atoms with E-state index < -0.39 is 0 Å². The molecular formula is C12H14S.